The van der Waals surface area contributed by atoms with Gasteiger partial charge in [-0.05, 0) is 62.7 Å². The molecular weight excluding hydrogens is 507 g/mol. The minimum absolute atomic E-state index is 0. The first-order valence-corrected chi connectivity index (χ1v) is 10.8. The fourth-order valence-electron chi connectivity index (χ4n) is 3.82. The molecule has 172 valence electrons. The maximum atomic E-state index is 5.73. The largest absolute Gasteiger partial charge is 0.493 e. The van der Waals surface area contributed by atoms with Crippen LogP contribution < -0.4 is 20.1 Å². The number of ether oxygens (including phenoxy) is 2. The van der Waals surface area contributed by atoms with Crippen LogP contribution in [-0.4, -0.2) is 51.3 Å². The van der Waals surface area contributed by atoms with Crippen molar-refractivity contribution >= 4 is 29.9 Å². The van der Waals surface area contributed by atoms with Gasteiger partial charge < -0.3 is 24.5 Å². The summed E-state index contributed by atoms with van der Waals surface area (Å²) in [6, 6.07) is 10.2. The van der Waals surface area contributed by atoms with E-state index in [0.717, 1.165) is 48.4 Å². The second kappa shape index (κ2) is 13.5. The Morgan fingerprint density at radius 1 is 1.16 bits per heavy atom. The van der Waals surface area contributed by atoms with Crippen molar-refractivity contribution in [1.82, 2.24) is 15.5 Å². The van der Waals surface area contributed by atoms with Crippen molar-refractivity contribution in [3.63, 3.8) is 0 Å². The van der Waals surface area contributed by atoms with E-state index in [0.29, 0.717) is 13.2 Å². The number of likely N-dealkylation sites (tertiary alicyclic amines) is 1. The molecule has 31 heavy (non-hydrogen) atoms. The lowest BCUT2D eigenvalue weighted by molar-refractivity contribution is 0.146. The Labute approximate surface area is 202 Å². The van der Waals surface area contributed by atoms with Crippen LogP contribution in [0.4, 0.5) is 0 Å². The average molecular weight is 542 g/mol. The number of methoxy groups -OCH3 is 1. The molecule has 1 aromatic carbocycles. The minimum Gasteiger partial charge on any atom is -0.493 e. The number of nitrogens with zero attached hydrogens (tertiary/aromatic N) is 2. The van der Waals surface area contributed by atoms with Crippen molar-refractivity contribution in [2.75, 3.05) is 40.4 Å². The fraction of sp³-hybridized carbons (Fsp3) is 0.522. The number of rotatable bonds is 9. The highest BCUT2D eigenvalue weighted by Crippen LogP contribution is 2.28. The maximum absolute atomic E-state index is 5.73. The normalized spacial score (nSPS) is 15.6. The van der Waals surface area contributed by atoms with E-state index in [4.69, 9.17) is 13.9 Å². The van der Waals surface area contributed by atoms with Crippen molar-refractivity contribution in [1.29, 1.82) is 0 Å². The van der Waals surface area contributed by atoms with Gasteiger partial charge in [0.2, 0.25) is 0 Å². The molecule has 0 spiro atoms. The van der Waals surface area contributed by atoms with Crippen molar-refractivity contribution in [3.8, 4) is 11.5 Å². The zero-order valence-electron chi connectivity index (χ0n) is 18.7. The first kappa shape index (κ1) is 25.3. The lowest BCUT2D eigenvalue weighted by atomic mass is 10.1. The first-order chi connectivity index (χ1) is 14.7. The second-order valence-corrected chi connectivity index (χ2v) is 7.35. The van der Waals surface area contributed by atoms with Gasteiger partial charge in [-0.25, -0.2) is 0 Å². The third-order valence-corrected chi connectivity index (χ3v) is 5.38. The molecule has 8 heteroatoms. The van der Waals surface area contributed by atoms with Crippen LogP contribution in [0, 0.1) is 0 Å². The smallest absolute Gasteiger partial charge is 0.191 e. The predicted octanol–water partition coefficient (Wildman–Crippen LogP) is 4.20. The fourth-order valence-corrected chi connectivity index (χ4v) is 3.82. The zero-order valence-corrected chi connectivity index (χ0v) is 21.1. The molecule has 1 atom stereocenters. The molecule has 0 aliphatic carbocycles. The molecule has 0 amide bonds. The number of hydrogen-bond acceptors (Lipinski definition) is 5. The zero-order chi connectivity index (χ0) is 21.2. The molecule has 0 radical (unpaired) electrons. The summed E-state index contributed by atoms with van der Waals surface area (Å²) < 4.78 is 16.8. The molecular formula is C23H35IN4O3. The van der Waals surface area contributed by atoms with Gasteiger partial charge >= 0.3 is 0 Å². The summed E-state index contributed by atoms with van der Waals surface area (Å²) in [6.07, 6.45) is 5.54. The predicted molar refractivity (Wildman–Crippen MR) is 135 cm³/mol. The number of guanidine groups is 1. The van der Waals surface area contributed by atoms with Crippen LogP contribution in [0.2, 0.25) is 0 Å². The Bertz CT molecular complexity index is 792. The summed E-state index contributed by atoms with van der Waals surface area (Å²) in [7, 11) is 3.44. The maximum Gasteiger partial charge on any atom is 0.191 e. The Morgan fingerprint density at radius 3 is 2.61 bits per heavy atom. The molecule has 0 bridgehead atoms. The number of piperidine rings is 1. The Balaban J connectivity index is 0.00000341. The van der Waals surface area contributed by atoms with Crippen LogP contribution in [0.5, 0.6) is 11.5 Å². The van der Waals surface area contributed by atoms with Gasteiger partial charge in [-0.15, -0.1) is 24.0 Å². The highest BCUT2D eigenvalue weighted by molar-refractivity contribution is 14.0. The number of halogens is 1. The van der Waals surface area contributed by atoms with E-state index in [9.17, 15) is 0 Å². The average Bonchev–Trinajstić information content (AvgIpc) is 3.32. The van der Waals surface area contributed by atoms with Gasteiger partial charge in [-0.2, -0.15) is 0 Å². The van der Waals surface area contributed by atoms with Crippen LogP contribution in [-0.2, 0) is 6.54 Å². The Hall–Kier alpha value is -1.94. The third kappa shape index (κ3) is 7.31. The van der Waals surface area contributed by atoms with Crippen molar-refractivity contribution in [2.24, 2.45) is 4.99 Å². The highest BCUT2D eigenvalue weighted by Gasteiger charge is 2.24. The van der Waals surface area contributed by atoms with E-state index in [1.165, 1.54) is 19.3 Å². The summed E-state index contributed by atoms with van der Waals surface area (Å²) >= 11 is 0. The molecule has 0 saturated carbocycles. The Morgan fingerprint density at radius 2 is 1.97 bits per heavy atom. The molecule has 1 fully saturated rings. The molecule has 1 aliphatic heterocycles. The van der Waals surface area contributed by atoms with E-state index in [1.807, 2.05) is 31.2 Å². The van der Waals surface area contributed by atoms with Crippen LogP contribution in [0.1, 0.15) is 43.6 Å². The van der Waals surface area contributed by atoms with Gasteiger partial charge in [0.1, 0.15) is 5.76 Å². The monoisotopic (exact) mass is 542 g/mol. The molecule has 1 saturated heterocycles. The van der Waals surface area contributed by atoms with Crippen LogP contribution in [0.25, 0.3) is 0 Å². The van der Waals surface area contributed by atoms with Crippen LogP contribution in [0.15, 0.2) is 46.0 Å². The number of hydrogen-bond donors (Lipinski definition) is 2. The first-order valence-electron chi connectivity index (χ1n) is 10.8. The topological polar surface area (TPSA) is 71.3 Å². The van der Waals surface area contributed by atoms with E-state index < -0.39 is 0 Å². The highest BCUT2D eigenvalue weighted by atomic mass is 127. The number of furan rings is 1. The van der Waals surface area contributed by atoms with Crippen molar-refractivity contribution < 1.29 is 13.9 Å². The lowest BCUT2D eigenvalue weighted by Gasteiger charge is -2.33. The summed E-state index contributed by atoms with van der Waals surface area (Å²) in [6.45, 7) is 6.14. The van der Waals surface area contributed by atoms with Crippen LogP contribution in [0.3, 0.4) is 0 Å². The van der Waals surface area contributed by atoms with Crippen molar-refractivity contribution in [2.45, 2.75) is 38.8 Å². The molecule has 2 aromatic rings. The standard InChI is InChI=1S/C23H34N4O3.HI/c1-4-29-22-15-18(10-11-21(22)28-3)16-25-23(24-2)26-17-19(20-9-8-14-30-20)27-12-6-5-7-13-27;/h8-11,14-15,19H,4-7,12-13,16-17H2,1-3H3,(H2,24,25,26);1H. The number of nitrogens with one attached hydrogen (secondary N) is 2. The SMILES string of the molecule is CCOc1cc(CNC(=NC)NCC(c2ccco2)N2CCCCC2)ccc1OC.I. The van der Waals surface area contributed by atoms with Gasteiger partial charge in [0.15, 0.2) is 17.5 Å². The minimum atomic E-state index is 0. The van der Waals surface area contributed by atoms with Gasteiger partial charge in [0.25, 0.3) is 0 Å². The molecule has 1 aromatic heterocycles. The molecule has 2 heterocycles. The van der Waals surface area contributed by atoms with Crippen LogP contribution >= 0.6 is 24.0 Å². The Kier molecular flexibility index (Phi) is 11.0. The number of aliphatic imine (C=N–C) groups is 1. The van der Waals surface area contributed by atoms with E-state index in [-0.39, 0.29) is 30.0 Å². The van der Waals surface area contributed by atoms with Gasteiger partial charge in [0.05, 0.1) is 26.0 Å². The summed E-state index contributed by atoms with van der Waals surface area (Å²) in [5, 5.41) is 6.86. The summed E-state index contributed by atoms with van der Waals surface area (Å²) in [5.41, 5.74) is 1.10. The third-order valence-electron chi connectivity index (χ3n) is 5.38. The van der Waals surface area contributed by atoms with E-state index in [2.05, 4.69) is 26.6 Å². The van der Waals surface area contributed by atoms with Gasteiger partial charge in [-0.3, -0.25) is 9.89 Å². The molecule has 3 rings (SSSR count). The van der Waals surface area contributed by atoms with Gasteiger partial charge in [0, 0.05) is 20.1 Å². The molecule has 1 unspecified atom stereocenters. The van der Waals surface area contributed by atoms with E-state index in [1.54, 1.807) is 20.4 Å². The van der Waals surface area contributed by atoms with Gasteiger partial charge in [-0.1, -0.05) is 12.5 Å². The summed E-state index contributed by atoms with van der Waals surface area (Å²) in [4.78, 5) is 6.88. The lowest BCUT2D eigenvalue weighted by Crippen LogP contribution is -2.44. The molecule has 1 aliphatic rings. The number of benzene rings is 1. The molecule has 2 N–H and O–H groups in total. The summed E-state index contributed by atoms with van der Waals surface area (Å²) in [5.74, 6) is 3.25. The van der Waals surface area contributed by atoms with Crippen molar-refractivity contribution in [3.05, 3.63) is 47.9 Å². The second-order valence-electron chi connectivity index (χ2n) is 7.35. The van der Waals surface area contributed by atoms with E-state index >= 15 is 0 Å². The quantitative estimate of drug-likeness (QED) is 0.281. The molecule has 7 nitrogen and oxygen atoms in total.